The van der Waals surface area contributed by atoms with Crippen molar-refractivity contribution >= 4 is 11.6 Å². The van der Waals surface area contributed by atoms with Crippen molar-refractivity contribution in [2.75, 3.05) is 20.1 Å². The van der Waals surface area contributed by atoms with Crippen LogP contribution in [0.25, 0.3) is 0 Å². The molecule has 0 atom stereocenters. The van der Waals surface area contributed by atoms with Gasteiger partial charge in [0.2, 0.25) is 0 Å². The smallest absolute Gasteiger partial charge is 0.141 e. The third kappa shape index (κ3) is 5.80. The number of nitrogens with one attached hydrogen (secondary N) is 1. The average molecular weight is 273 g/mol. The molecule has 0 unspecified atom stereocenters. The average Bonchev–Trinajstić information content (AvgIpc) is 2.21. The summed E-state index contributed by atoms with van der Waals surface area (Å²) >= 11 is 5.76. The molecule has 4 heteroatoms. The van der Waals surface area contributed by atoms with Crippen LogP contribution in [0, 0.1) is 5.82 Å². The first kappa shape index (κ1) is 15.4. The number of halogens is 2. The molecule has 0 saturated heterocycles. The summed E-state index contributed by atoms with van der Waals surface area (Å²) in [5.74, 6) is -0.363. The van der Waals surface area contributed by atoms with Crippen LogP contribution in [0.2, 0.25) is 5.02 Å². The first-order chi connectivity index (χ1) is 8.28. The van der Waals surface area contributed by atoms with Gasteiger partial charge in [-0.25, -0.2) is 4.39 Å². The normalized spacial score (nSPS) is 12.2. The van der Waals surface area contributed by atoms with Crippen molar-refractivity contribution in [3.8, 4) is 0 Å². The van der Waals surface area contributed by atoms with Gasteiger partial charge in [-0.05, 0) is 45.5 Å². The van der Waals surface area contributed by atoms with Gasteiger partial charge in [0.05, 0.1) is 5.02 Å². The van der Waals surface area contributed by atoms with E-state index in [9.17, 15) is 4.39 Å². The van der Waals surface area contributed by atoms with Gasteiger partial charge >= 0.3 is 0 Å². The highest BCUT2D eigenvalue weighted by atomic mass is 35.5. The molecule has 0 aromatic heterocycles. The second kappa shape index (κ2) is 6.50. The Balaban J connectivity index is 2.40. The molecule has 1 aromatic rings. The Morgan fingerprint density at radius 1 is 1.33 bits per heavy atom. The Kier molecular flexibility index (Phi) is 5.57. The second-order valence-electron chi connectivity index (χ2n) is 5.66. The molecule has 1 aromatic carbocycles. The molecule has 2 nitrogen and oxygen atoms in total. The van der Waals surface area contributed by atoms with Crippen molar-refractivity contribution in [1.82, 2.24) is 10.2 Å². The molecule has 0 amide bonds. The van der Waals surface area contributed by atoms with E-state index in [4.69, 9.17) is 11.6 Å². The van der Waals surface area contributed by atoms with Gasteiger partial charge < -0.3 is 10.2 Å². The molecule has 0 radical (unpaired) electrons. The fraction of sp³-hybridized carbons (Fsp3) is 0.571. The number of hydrogen-bond acceptors (Lipinski definition) is 2. The highest BCUT2D eigenvalue weighted by Gasteiger charge is 2.09. The molecular weight excluding hydrogens is 251 g/mol. The van der Waals surface area contributed by atoms with Crippen molar-refractivity contribution in [2.45, 2.75) is 32.9 Å². The van der Waals surface area contributed by atoms with E-state index in [1.54, 1.807) is 12.1 Å². The highest BCUT2D eigenvalue weighted by Crippen LogP contribution is 2.16. The SMILES string of the molecule is CN(CCNC(C)(C)C)Cc1ccc(F)c(Cl)c1. The van der Waals surface area contributed by atoms with Crippen LogP contribution >= 0.6 is 11.6 Å². The third-order valence-electron chi connectivity index (χ3n) is 2.59. The summed E-state index contributed by atoms with van der Waals surface area (Å²) in [6.07, 6.45) is 0. The van der Waals surface area contributed by atoms with Gasteiger partial charge in [-0.3, -0.25) is 0 Å². The number of nitrogens with zero attached hydrogens (tertiary/aromatic N) is 1. The van der Waals surface area contributed by atoms with E-state index in [0.29, 0.717) is 0 Å². The van der Waals surface area contributed by atoms with Gasteiger partial charge in [-0.15, -0.1) is 0 Å². The van der Waals surface area contributed by atoms with Crippen molar-refractivity contribution in [3.05, 3.63) is 34.6 Å². The maximum absolute atomic E-state index is 13.0. The van der Waals surface area contributed by atoms with Crippen LogP contribution in [0.5, 0.6) is 0 Å². The van der Waals surface area contributed by atoms with Crippen LogP contribution in [0.15, 0.2) is 18.2 Å². The first-order valence-corrected chi connectivity index (χ1v) is 6.53. The first-order valence-electron chi connectivity index (χ1n) is 6.15. The third-order valence-corrected chi connectivity index (χ3v) is 2.88. The molecule has 0 saturated carbocycles. The standard InChI is InChI=1S/C14H22ClFN2/c1-14(2,3)17-7-8-18(4)10-11-5-6-13(16)12(15)9-11/h5-6,9,17H,7-8,10H2,1-4H3. The van der Waals surface area contributed by atoms with Crippen molar-refractivity contribution in [2.24, 2.45) is 0 Å². The molecule has 1 rings (SSSR count). The lowest BCUT2D eigenvalue weighted by Gasteiger charge is -2.23. The number of likely N-dealkylation sites (N-methyl/N-ethyl adjacent to an activating group) is 1. The number of hydrogen-bond donors (Lipinski definition) is 1. The van der Waals surface area contributed by atoms with E-state index >= 15 is 0 Å². The zero-order valence-electron chi connectivity index (χ0n) is 11.6. The predicted molar refractivity (Wildman–Crippen MR) is 75.5 cm³/mol. The lowest BCUT2D eigenvalue weighted by molar-refractivity contribution is 0.303. The molecule has 0 aliphatic heterocycles. The summed E-state index contributed by atoms with van der Waals surface area (Å²) in [6, 6.07) is 4.87. The van der Waals surface area contributed by atoms with E-state index < -0.39 is 0 Å². The second-order valence-corrected chi connectivity index (χ2v) is 6.07. The Bertz CT molecular complexity index is 388. The lowest BCUT2D eigenvalue weighted by atomic mass is 10.1. The van der Waals surface area contributed by atoms with Crippen LogP contribution in [0.3, 0.4) is 0 Å². The zero-order chi connectivity index (χ0) is 13.8. The molecule has 102 valence electrons. The van der Waals surface area contributed by atoms with Crippen LogP contribution in [-0.4, -0.2) is 30.6 Å². The lowest BCUT2D eigenvalue weighted by Crippen LogP contribution is -2.40. The molecular formula is C14H22ClFN2. The molecule has 0 spiro atoms. The molecule has 18 heavy (non-hydrogen) atoms. The molecule has 0 heterocycles. The monoisotopic (exact) mass is 272 g/mol. The molecule has 0 fully saturated rings. The van der Waals surface area contributed by atoms with Crippen LogP contribution in [0.4, 0.5) is 4.39 Å². The number of benzene rings is 1. The van der Waals surface area contributed by atoms with Gasteiger partial charge in [-0.1, -0.05) is 17.7 Å². The quantitative estimate of drug-likeness (QED) is 0.885. The van der Waals surface area contributed by atoms with Crippen molar-refractivity contribution in [1.29, 1.82) is 0 Å². The maximum Gasteiger partial charge on any atom is 0.141 e. The van der Waals surface area contributed by atoms with Crippen LogP contribution in [-0.2, 0) is 6.54 Å². The van der Waals surface area contributed by atoms with E-state index in [1.807, 2.05) is 7.05 Å². The summed E-state index contributed by atoms with van der Waals surface area (Å²) in [4.78, 5) is 2.18. The summed E-state index contributed by atoms with van der Waals surface area (Å²) in [7, 11) is 2.04. The molecule has 1 N–H and O–H groups in total. The van der Waals surface area contributed by atoms with Crippen LogP contribution < -0.4 is 5.32 Å². The van der Waals surface area contributed by atoms with Crippen LogP contribution in [0.1, 0.15) is 26.3 Å². The van der Waals surface area contributed by atoms with Gasteiger partial charge in [0.1, 0.15) is 5.82 Å². The molecule has 0 bridgehead atoms. The van der Waals surface area contributed by atoms with Gasteiger partial charge in [0, 0.05) is 25.2 Å². The van der Waals surface area contributed by atoms with E-state index in [-0.39, 0.29) is 16.4 Å². The number of rotatable bonds is 5. The Labute approximate surface area is 114 Å². The summed E-state index contributed by atoms with van der Waals surface area (Å²) in [6.45, 7) is 9.07. The highest BCUT2D eigenvalue weighted by molar-refractivity contribution is 6.30. The minimum atomic E-state index is -0.363. The van der Waals surface area contributed by atoms with Gasteiger partial charge in [-0.2, -0.15) is 0 Å². The summed E-state index contributed by atoms with van der Waals surface area (Å²) in [5, 5.41) is 3.62. The maximum atomic E-state index is 13.0. The predicted octanol–water partition coefficient (Wildman–Crippen LogP) is 3.30. The Morgan fingerprint density at radius 3 is 2.56 bits per heavy atom. The summed E-state index contributed by atoms with van der Waals surface area (Å²) < 4.78 is 13.0. The Morgan fingerprint density at radius 2 is 2.00 bits per heavy atom. The fourth-order valence-electron chi connectivity index (χ4n) is 1.65. The van der Waals surface area contributed by atoms with E-state index in [2.05, 4.69) is 31.0 Å². The zero-order valence-corrected chi connectivity index (χ0v) is 12.3. The molecule has 0 aliphatic carbocycles. The van der Waals surface area contributed by atoms with Crippen molar-refractivity contribution < 1.29 is 4.39 Å². The van der Waals surface area contributed by atoms with E-state index in [0.717, 1.165) is 25.2 Å². The minimum absolute atomic E-state index is 0.139. The Hall–Kier alpha value is -0.640. The summed E-state index contributed by atoms with van der Waals surface area (Å²) in [5.41, 5.74) is 1.17. The van der Waals surface area contributed by atoms with Gasteiger partial charge in [0.15, 0.2) is 0 Å². The largest absolute Gasteiger partial charge is 0.311 e. The minimum Gasteiger partial charge on any atom is -0.311 e. The van der Waals surface area contributed by atoms with Gasteiger partial charge in [0.25, 0.3) is 0 Å². The van der Waals surface area contributed by atoms with E-state index in [1.165, 1.54) is 6.07 Å². The van der Waals surface area contributed by atoms with Crippen molar-refractivity contribution in [3.63, 3.8) is 0 Å². The topological polar surface area (TPSA) is 15.3 Å². The molecule has 0 aliphatic rings. The fourth-order valence-corrected chi connectivity index (χ4v) is 1.85.